The molecule has 0 aliphatic carbocycles. The number of primary amides is 2. The molecule has 0 spiro atoms. The van der Waals surface area contributed by atoms with E-state index in [1.165, 1.54) is 0 Å². The first kappa shape index (κ1) is 11.1. The molecular formula is C4H9N2O5P. The zero-order chi connectivity index (χ0) is 9.56. The fourth-order valence-electron chi connectivity index (χ4n) is 0.302. The minimum absolute atomic E-state index is 0.503. The molecule has 0 aromatic heterocycles. The van der Waals surface area contributed by atoms with E-state index in [-0.39, 0.29) is 0 Å². The molecule has 2 amide bonds. The van der Waals surface area contributed by atoms with E-state index >= 15 is 0 Å². The van der Waals surface area contributed by atoms with Gasteiger partial charge in [-0.05, 0) is 0 Å². The Morgan fingerprint density at radius 3 is 1.67 bits per heavy atom. The van der Waals surface area contributed by atoms with Crippen molar-refractivity contribution in [2.24, 2.45) is 11.5 Å². The number of rotatable bonds is 6. The fraction of sp³-hybridized carbons (Fsp3) is 0.500. The summed E-state index contributed by atoms with van der Waals surface area (Å²) in [6.45, 7) is -1.01. The van der Waals surface area contributed by atoms with Gasteiger partial charge in [0, 0.05) is 0 Å². The van der Waals surface area contributed by atoms with Crippen molar-refractivity contribution in [2.75, 3.05) is 13.2 Å². The Morgan fingerprint density at radius 2 is 1.42 bits per heavy atom. The predicted octanol–water partition coefficient (Wildman–Crippen LogP) is -1.62. The Morgan fingerprint density at radius 1 is 1.08 bits per heavy atom. The molecular weight excluding hydrogens is 187 g/mol. The van der Waals surface area contributed by atoms with E-state index in [1.807, 2.05) is 0 Å². The molecule has 0 aromatic rings. The summed E-state index contributed by atoms with van der Waals surface area (Å²) in [5.41, 5.74) is 9.33. The lowest BCUT2D eigenvalue weighted by molar-refractivity contribution is -0.120. The summed E-state index contributed by atoms with van der Waals surface area (Å²) < 4.78 is 19.2. The monoisotopic (exact) mass is 196 g/mol. The van der Waals surface area contributed by atoms with Crippen LogP contribution in [0.1, 0.15) is 0 Å². The van der Waals surface area contributed by atoms with E-state index in [1.54, 1.807) is 0 Å². The molecule has 4 N–H and O–H groups in total. The van der Waals surface area contributed by atoms with Crippen molar-refractivity contribution in [1.29, 1.82) is 0 Å². The lowest BCUT2D eigenvalue weighted by Crippen LogP contribution is -2.18. The summed E-state index contributed by atoms with van der Waals surface area (Å²) in [6.07, 6.45) is 0. The number of hydrogen-bond acceptors (Lipinski definition) is 5. The summed E-state index contributed by atoms with van der Waals surface area (Å²) in [4.78, 5) is 20.1. The predicted molar refractivity (Wildman–Crippen MR) is 39.3 cm³/mol. The molecule has 0 aliphatic heterocycles. The quantitative estimate of drug-likeness (QED) is 0.494. The van der Waals surface area contributed by atoms with Gasteiger partial charge in [-0.15, -0.1) is 0 Å². The molecule has 7 nitrogen and oxygen atoms in total. The molecule has 0 fully saturated rings. The lowest BCUT2D eigenvalue weighted by Gasteiger charge is -2.00. The van der Waals surface area contributed by atoms with Gasteiger partial charge in [0.2, 0.25) is 11.8 Å². The Labute approximate surface area is 68.9 Å². The fourth-order valence-corrected chi connectivity index (χ4v) is 0.905. The molecule has 0 rings (SSSR count). The van der Waals surface area contributed by atoms with Gasteiger partial charge < -0.3 is 20.5 Å². The van der Waals surface area contributed by atoms with Gasteiger partial charge in [0.25, 0.3) is 0 Å². The smallest absolute Gasteiger partial charge is 0.320 e. The molecule has 8 heteroatoms. The summed E-state index contributed by atoms with van der Waals surface area (Å²) in [7, 11) is -2.83. The van der Waals surface area contributed by atoms with Crippen molar-refractivity contribution in [1.82, 2.24) is 0 Å². The average Bonchev–Trinajstić information content (AvgIpc) is 1.96. The first-order valence-corrected chi connectivity index (χ1v) is 4.11. The third kappa shape index (κ3) is 7.20. The normalized spacial score (nSPS) is 10.1. The molecule has 0 heterocycles. The number of hydrogen-bond donors (Lipinski definition) is 2. The van der Waals surface area contributed by atoms with E-state index in [9.17, 15) is 14.2 Å². The number of carbonyl (C=O) groups is 2. The van der Waals surface area contributed by atoms with Gasteiger partial charge in [0.05, 0.1) is 0 Å². The molecule has 0 saturated carbocycles. The van der Waals surface area contributed by atoms with Crippen LogP contribution in [-0.4, -0.2) is 25.0 Å². The molecule has 0 atom stereocenters. The highest BCUT2D eigenvalue weighted by atomic mass is 31.1. The van der Waals surface area contributed by atoms with Crippen LogP contribution in [0.3, 0.4) is 0 Å². The Kier molecular flexibility index (Phi) is 5.27. The van der Waals surface area contributed by atoms with E-state index in [2.05, 4.69) is 20.5 Å². The van der Waals surface area contributed by atoms with Gasteiger partial charge in [0.1, 0.15) is 13.2 Å². The maximum Gasteiger partial charge on any atom is 0.320 e. The first-order valence-electron chi connectivity index (χ1n) is 2.88. The number of nitrogens with two attached hydrogens (primary N) is 2. The SMILES string of the molecule is NC(=O)CO[PH](=O)OCC(N)=O. The molecule has 12 heavy (non-hydrogen) atoms. The van der Waals surface area contributed by atoms with E-state index < -0.39 is 33.3 Å². The standard InChI is InChI=1S/C4H9N2O5P/c5-3(7)1-10-12(9)11-2-4(6)8/h12H,1-2H2,(H2,5,7)(H2,6,8). The van der Waals surface area contributed by atoms with Crippen molar-refractivity contribution in [3.05, 3.63) is 0 Å². The highest BCUT2D eigenvalue weighted by Gasteiger charge is 2.03. The zero-order valence-corrected chi connectivity index (χ0v) is 7.11. The average molecular weight is 196 g/mol. The third-order valence-corrected chi connectivity index (χ3v) is 1.42. The van der Waals surface area contributed by atoms with Crippen LogP contribution in [0.5, 0.6) is 0 Å². The van der Waals surface area contributed by atoms with Crippen molar-refractivity contribution in [3.63, 3.8) is 0 Å². The first-order chi connectivity index (χ1) is 5.52. The minimum atomic E-state index is -2.83. The van der Waals surface area contributed by atoms with Gasteiger partial charge in [-0.25, -0.2) is 0 Å². The van der Waals surface area contributed by atoms with Crippen molar-refractivity contribution in [2.45, 2.75) is 0 Å². The zero-order valence-electron chi connectivity index (χ0n) is 6.11. The highest BCUT2D eigenvalue weighted by Crippen LogP contribution is 2.22. The van der Waals surface area contributed by atoms with Gasteiger partial charge in [-0.2, -0.15) is 0 Å². The maximum atomic E-state index is 10.6. The summed E-state index contributed by atoms with van der Waals surface area (Å²) in [5, 5.41) is 0. The number of carbonyl (C=O) groups excluding carboxylic acids is 2. The van der Waals surface area contributed by atoms with Crippen LogP contribution in [0.4, 0.5) is 0 Å². The van der Waals surface area contributed by atoms with E-state index in [0.717, 1.165) is 0 Å². The van der Waals surface area contributed by atoms with Crippen molar-refractivity contribution in [3.8, 4) is 0 Å². The number of amides is 2. The summed E-state index contributed by atoms with van der Waals surface area (Å²) >= 11 is 0. The van der Waals surface area contributed by atoms with Gasteiger partial charge in [-0.3, -0.25) is 14.2 Å². The molecule has 0 saturated heterocycles. The summed E-state index contributed by atoms with van der Waals surface area (Å²) in [6, 6.07) is 0. The van der Waals surface area contributed by atoms with Crippen LogP contribution < -0.4 is 11.5 Å². The van der Waals surface area contributed by atoms with E-state index in [0.29, 0.717) is 0 Å². The molecule has 70 valence electrons. The van der Waals surface area contributed by atoms with Gasteiger partial charge in [-0.1, -0.05) is 0 Å². The molecule has 0 aromatic carbocycles. The Hall–Kier alpha value is -0.910. The minimum Gasteiger partial charge on any atom is -0.368 e. The van der Waals surface area contributed by atoms with Gasteiger partial charge >= 0.3 is 8.25 Å². The second-order valence-corrected chi connectivity index (χ2v) is 2.84. The Bertz CT molecular complexity index is 186. The van der Waals surface area contributed by atoms with Crippen LogP contribution in [0.2, 0.25) is 0 Å². The Balaban J connectivity index is 3.47. The van der Waals surface area contributed by atoms with Gasteiger partial charge in [0.15, 0.2) is 0 Å². The molecule has 0 aliphatic rings. The van der Waals surface area contributed by atoms with Crippen molar-refractivity contribution >= 4 is 20.1 Å². The van der Waals surface area contributed by atoms with Crippen LogP contribution in [0.25, 0.3) is 0 Å². The summed E-state index contributed by atoms with van der Waals surface area (Å²) in [5.74, 6) is -1.54. The lowest BCUT2D eigenvalue weighted by atomic mass is 10.7. The maximum absolute atomic E-state index is 10.6. The highest BCUT2D eigenvalue weighted by molar-refractivity contribution is 7.33. The molecule has 0 bridgehead atoms. The van der Waals surface area contributed by atoms with Crippen LogP contribution in [0, 0.1) is 0 Å². The van der Waals surface area contributed by atoms with Crippen LogP contribution in [0.15, 0.2) is 0 Å². The van der Waals surface area contributed by atoms with E-state index in [4.69, 9.17) is 0 Å². The van der Waals surface area contributed by atoms with Crippen LogP contribution >= 0.6 is 8.25 Å². The van der Waals surface area contributed by atoms with Crippen molar-refractivity contribution < 1.29 is 23.2 Å². The third-order valence-electron chi connectivity index (χ3n) is 0.665. The molecule has 0 radical (unpaired) electrons. The second kappa shape index (κ2) is 5.70. The second-order valence-electron chi connectivity index (χ2n) is 1.76. The molecule has 0 unspecified atom stereocenters. The largest absolute Gasteiger partial charge is 0.368 e. The van der Waals surface area contributed by atoms with Crippen LogP contribution in [-0.2, 0) is 23.2 Å². The topological polar surface area (TPSA) is 122 Å².